The van der Waals surface area contributed by atoms with Crippen molar-refractivity contribution in [1.82, 2.24) is 0 Å². The monoisotopic (exact) mass is 545 g/mol. The average molecular weight is 546 g/mol. The molecule has 210 valence electrons. The Bertz CT molecular complexity index is 1270. The molecule has 8 unspecified atom stereocenters. The SMILES string of the molecule is C=C(C)CC1C(=O)C2(C)C(O)CC3CC(C(=C)C)C(c4ccccc4)=[P+](C)C4(CCC(C)=C1C4(C)C)CC2C3. The number of rotatable bonds is 4. The van der Waals surface area contributed by atoms with Crippen molar-refractivity contribution in [3.05, 3.63) is 71.3 Å². The first-order valence-corrected chi connectivity index (χ1v) is 16.9. The Balaban J connectivity index is 1.90. The maximum atomic E-state index is 14.8. The van der Waals surface area contributed by atoms with Crippen molar-refractivity contribution in [3.63, 3.8) is 0 Å². The minimum Gasteiger partial charge on any atom is -0.392 e. The molecule has 0 amide bonds. The van der Waals surface area contributed by atoms with E-state index in [0.29, 0.717) is 24.7 Å². The predicted octanol–water partition coefficient (Wildman–Crippen LogP) is 8.74. The van der Waals surface area contributed by atoms with E-state index in [1.54, 1.807) is 5.29 Å². The lowest BCUT2D eigenvalue weighted by Crippen LogP contribution is -2.60. The average Bonchev–Trinajstić information content (AvgIpc) is 2.90. The molecule has 1 N–H and O–H groups in total. The molecular formula is C36H50O2P+. The van der Waals surface area contributed by atoms with Crippen LogP contribution >= 0.6 is 7.55 Å². The van der Waals surface area contributed by atoms with Crippen LogP contribution in [0.5, 0.6) is 0 Å². The van der Waals surface area contributed by atoms with E-state index < -0.39 is 19.1 Å². The lowest BCUT2D eigenvalue weighted by atomic mass is 9.48. The van der Waals surface area contributed by atoms with Crippen LogP contribution in [0.3, 0.4) is 0 Å². The van der Waals surface area contributed by atoms with Crippen molar-refractivity contribution in [1.29, 1.82) is 0 Å². The van der Waals surface area contributed by atoms with Crippen LogP contribution in [0.1, 0.15) is 92.1 Å². The second-order valence-electron chi connectivity index (χ2n) is 14.4. The lowest BCUT2D eigenvalue weighted by molar-refractivity contribution is -0.153. The fourth-order valence-electron chi connectivity index (χ4n) is 9.67. The van der Waals surface area contributed by atoms with Crippen LogP contribution in [0.4, 0.5) is 0 Å². The van der Waals surface area contributed by atoms with Crippen molar-refractivity contribution >= 4 is 18.6 Å². The number of Topliss-reactive ketones (excluding diaryl/α,β-unsaturated/α-hetero) is 1. The summed E-state index contributed by atoms with van der Waals surface area (Å²) in [7, 11) is -0.593. The molecule has 1 heterocycles. The van der Waals surface area contributed by atoms with Crippen LogP contribution in [-0.4, -0.2) is 34.1 Å². The largest absolute Gasteiger partial charge is 0.392 e. The second-order valence-corrected chi connectivity index (χ2v) is 16.9. The highest BCUT2D eigenvalue weighted by atomic mass is 31.1. The molecule has 1 aromatic rings. The van der Waals surface area contributed by atoms with Gasteiger partial charge in [-0.1, -0.05) is 73.1 Å². The molecule has 4 aliphatic rings. The van der Waals surface area contributed by atoms with Gasteiger partial charge in [-0.15, -0.1) is 6.58 Å². The Morgan fingerprint density at radius 1 is 1.08 bits per heavy atom. The minimum absolute atomic E-state index is 0.0436. The number of carbonyl (C=O) groups excluding carboxylic acids is 1. The number of fused-ring (bicyclic) bond motifs is 2. The zero-order valence-corrected chi connectivity index (χ0v) is 26.3. The van der Waals surface area contributed by atoms with Crippen LogP contribution in [-0.2, 0) is 4.79 Å². The Hall–Kier alpha value is -1.76. The highest BCUT2D eigenvalue weighted by Gasteiger charge is 2.67. The summed E-state index contributed by atoms with van der Waals surface area (Å²) >= 11 is 0. The molecule has 8 atom stereocenters. The normalized spacial score (nSPS) is 38.9. The number of hydrogen-bond acceptors (Lipinski definition) is 2. The fraction of sp³-hybridized carbons (Fsp3) is 0.611. The summed E-state index contributed by atoms with van der Waals surface area (Å²) in [4.78, 5) is 14.8. The number of ketones is 1. The number of carbonyl (C=O) groups is 1. The topological polar surface area (TPSA) is 37.3 Å². The minimum atomic E-state index is -0.715. The van der Waals surface area contributed by atoms with Gasteiger partial charge < -0.3 is 5.11 Å². The first kappa shape index (κ1) is 28.8. The van der Waals surface area contributed by atoms with Crippen molar-refractivity contribution < 1.29 is 9.90 Å². The third-order valence-corrected chi connectivity index (χ3v) is 15.4. The van der Waals surface area contributed by atoms with Gasteiger partial charge in [-0.2, -0.15) is 0 Å². The van der Waals surface area contributed by atoms with Gasteiger partial charge in [-0.3, -0.25) is 4.79 Å². The Labute approximate surface area is 238 Å². The number of hydrogen-bond donors (Lipinski definition) is 1. The molecule has 2 fully saturated rings. The van der Waals surface area contributed by atoms with Gasteiger partial charge in [0.05, 0.1) is 18.2 Å². The van der Waals surface area contributed by atoms with Crippen LogP contribution in [0, 0.1) is 34.5 Å². The third kappa shape index (κ3) is 4.23. The molecule has 0 saturated heterocycles. The highest BCUT2D eigenvalue weighted by molar-refractivity contribution is 7.60. The summed E-state index contributed by atoms with van der Waals surface area (Å²) in [6.07, 6.45) is 6.08. The summed E-state index contributed by atoms with van der Waals surface area (Å²) in [5, 5.41) is 13.6. The van der Waals surface area contributed by atoms with Gasteiger partial charge >= 0.3 is 0 Å². The third-order valence-electron chi connectivity index (χ3n) is 11.8. The highest BCUT2D eigenvalue weighted by Crippen LogP contribution is 2.69. The molecule has 3 heteroatoms. The predicted molar refractivity (Wildman–Crippen MR) is 168 cm³/mol. The molecule has 1 aliphatic heterocycles. The lowest BCUT2D eigenvalue weighted by Gasteiger charge is -2.57. The summed E-state index contributed by atoms with van der Waals surface area (Å²) in [6.45, 7) is 25.1. The van der Waals surface area contributed by atoms with Crippen molar-refractivity contribution in [2.45, 2.75) is 97.7 Å². The van der Waals surface area contributed by atoms with Crippen molar-refractivity contribution in [3.8, 4) is 0 Å². The molecule has 39 heavy (non-hydrogen) atoms. The second kappa shape index (κ2) is 9.95. The molecular weight excluding hydrogens is 495 g/mol. The Morgan fingerprint density at radius 3 is 2.36 bits per heavy atom. The van der Waals surface area contributed by atoms with Crippen LogP contribution in [0.15, 0.2) is 65.8 Å². The Morgan fingerprint density at radius 2 is 1.74 bits per heavy atom. The van der Waals surface area contributed by atoms with Gasteiger partial charge in [0.2, 0.25) is 0 Å². The quantitative estimate of drug-likeness (QED) is 0.303. The molecule has 2 nitrogen and oxygen atoms in total. The summed E-state index contributed by atoms with van der Waals surface area (Å²) in [5.74, 6) is 0.971. The zero-order chi connectivity index (χ0) is 28.5. The molecule has 1 aromatic carbocycles. The number of benzene rings is 1. The molecule has 0 aromatic heterocycles. The van der Waals surface area contributed by atoms with Crippen molar-refractivity contribution in [2.75, 3.05) is 6.66 Å². The van der Waals surface area contributed by atoms with E-state index in [1.807, 2.05) is 0 Å². The standard InChI is InChI=1S/C36H50O2P/c1-22(2)17-29-31-24(5)15-16-36(34(31,6)7)21-27-18-25(20-30(37)35(27,8)33(29)38)19-28(23(3)4)32(39(36)9)26-13-11-10-12-14-26/h10-14,25,27-30,37H,1,3,15-21H2,2,4-9H3/q+1. The van der Waals surface area contributed by atoms with Crippen LogP contribution in [0.25, 0.3) is 0 Å². The number of allylic oxidation sites excluding steroid dienone is 4. The van der Waals surface area contributed by atoms with E-state index in [2.05, 4.69) is 91.7 Å². The number of aliphatic hydroxyl groups excluding tert-OH is 1. The molecule has 1 spiro atoms. The summed E-state index contributed by atoms with van der Waals surface area (Å²) in [5.41, 5.74) is 5.59. The Kier molecular flexibility index (Phi) is 7.34. The van der Waals surface area contributed by atoms with Gasteiger partial charge in [0.1, 0.15) is 23.8 Å². The van der Waals surface area contributed by atoms with E-state index >= 15 is 0 Å². The summed E-state index contributed by atoms with van der Waals surface area (Å²) < 4.78 is 0. The van der Waals surface area contributed by atoms with Gasteiger partial charge in [0.15, 0.2) is 0 Å². The maximum absolute atomic E-state index is 14.8. The molecule has 0 radical (unpaired) electrons. The first-order valence-electron chi connectivity index (χ1n) is 15.1. The van der Waals surface area contributed by atoms with Crippen LogP contribution < -0.4 is 0 Å². The molecule has 5 rings (SSSR count). The van der Waals surface area contributed by atoms with Gasteiger partial charge in [0.25, 0.3) is 0 Å². The molecule has 2 saturated carbocycles. The fourth-order valence-corrected chi connectivity index (χ4v) is 13.4. The zero-order valence-electron chi connectivity index (χ0n) is 25.4. The van der Waals surface area contributed by atoms with Gasteiger partial charge in [-0.25, -0.2) is 0 Å². The first-order chi connectivity index (χ1) is 18.3. The van der Waals surface area contributed by atoms with E-state index in [-0.39, 0.29) is 28.2 Å². The van der Waals surface area contributed by atoms with Crippen molar-refractivity contribution in [2.24, 2.45) is 34.5 Å². The van der Waals surface area contributed by atoms with E-state index in [4.69, 9.17) is 0 Å². The maximum Gasteiger partial charge on any atom is 0.149 e. The van der Waals surface area contributed by atoms with Gasteiger partial charge in [-0.05, 0) is 84.5 Å². The van der Waals surface area contributed by atoms with Crippen LogP contribution in [0.2, 0.25) is 0 Å². The summed E-state index contributed by atoms with van der Waals surface area (Å²) in [6, 6.07) is 11.1. The van der Waals surface area contributed by atoms with Gasteiger partial charge in [0, 0.05) is 22.8 Å². The van der Waals surface area contributed by atoms with E-state index in [0.717, 1.165) is 37.7 Å². The van der Waals surface area contributed by atoms with E-state index in [1.165, 1.54) is 22.3 Å². The smallest absolute Gasteiger partial charge is 0.149 e. The molecule has 3 aliphatic carbocycles. The molecule has 4 bridgehead atoms. The van der Waals surface area contributed by atoms with E-state index in [9.17, 15) is 9.90 Å². The number of aliphatic hydroxyl groups is 1.